The Morgan fingerprint density at radius 1 is 0.806 bits per heavy atom. The largest absolute Gasteiger partial charge is 0.206 e. The van der Waals surface area contributed by atoms with Crippen molar-refractivity contribution in [3.8, 4) is 11.1 Å². The van der Waals surface area contributed by atoms with Gasteiger partial charge in [0.05, 0.1) is 0 Å². The van der Waals surface area contributed by atoms with Crippen molar-refractivity contribution in [2.45, 2.75) is 84.0 Å². The standard InChI is InChI=1S/C30H37F/c1-3-5-6-8-23-11-19-29-27(21-23)18-20-28(30(29)31)26-16-14-25(15-17-26)24-12-9-22(7-4-2)10-13-24/h11,14-22,24H,3-10,12-13H2,1-2H3. The highest BCUT2D eigenvalue weighted by Crippen LogP contribution is 2.38. The van der Waals surface area contributed by atoms with E-state index in [0.29, 0.717) is 11.5 Å². The molecule has 3 aromatic rings. The van der Waals surface area contributed by atoms with E-state index in [0.717, 1.165) is 28.7 Å². The monoisotopic (exact) mass is 416 g/mol. The molecule has 0 radical (unpaired) electrons. The SMILES string of the molecule is CCCCCc1ccc2c(F)c(-c3ccc(C4CCC(CCC)CC4)cc3)ccc2c1. The van der Waals surface area contributed by atoms with Gasteiger partial charge in [-0.05, 0) is 72.4 Å². The molecule has 0 aromatic heterocycles. The van der Waals surface area contributed by atoms with Gasteiger partial charge in [0, 0.05) is 10.9 Å². The number of benzene rings is 3. The number of aryl methyl sites for hydroxylation is 1. The Morgan fingerprint density at radius 2 is 1.58 bits per heavy atom. The summed E-state index contributed by atoms with van der Waals surface area (Å²) in [6, 6.07) is 19.0. The second-order valence-electron chi connectivity index (χ2n) is 9.57. The minimum Gasteiger partial charge on any atom is -0.206 e. The van der Waals surface area contributed by atoms with Crippen molar-refractivity contribution < 1.29 is 4.39 Å². The van der Waals surface area contributed by atoms with Crippen molar-refractivity contribution in [3.63, 3.8) is 0 Å². The third-order valence-electron chi connectivity index (χ3n) is 7.32. The highest BCUT2D eigenvalue weighted by atomic mass is 19.1. The van der Waals surface area contributed by atoms with Gasteiger partial charge in [0.1, 0.15) is 5.82 Å². The maximum atomic E-state index is 15.4. The third-order valence-corrected chi connectivity index (χ3v) is 7.32. The average molecular weight is 417 g/mol. The molecular weight excluding hydrogens is 379 g/mol. The number of fused-ring (bicyclic) bond motifs is 1. The minimum atomic E-state index is -0.0922. The quantitative estimate of drug-likeness (QED) is 0.321. The predicted octanol–water partition coefficient (Wildman–Crippen LogP) is 9.45. The van der Waals surface area contributed by atoms with E-state index in [1.807, 2.05) is 12.1 Å². The molecule has 1 aliphatic carbocycles. The second-order valence-corrected chi connectivity index (χ2v) is 9.57. The van der Waals surface area contributed by atoms with E-state index in [9.17, 15) is 0 Å². The van der Waals surface area contributed by atoms with Gasteiger partial charge in [-0.15, -0.1) is 0 Å². The van der Waals surface area contributed by atoms with E-state index in [2.05, 4.69) is 56.3 Å². The van der Waals surface area contributed by atoms with Crippen LogP contribution < -0.4 is 0 Å². The van der Waals surface area contributed by atoms with Gasteiger partial charge >= 0.3 is 0 Å². The van der Waals surface area contributed by atoms with Crippen LogP contribution in [0.5, 0.6) is 0 Å². The van der Waals surface area contributed by atoms with Crippen molar-refractivity contribution in [1.82, 2.24) is 0 Å². The van der Waals surface area contributed by atoms with Crippen LogP contribution >= 0.6 is 0 Å². The van der Waals surface area contributed by atoms with E-state index < -0.39 is 0 Å². The molecule has 0 spiro atoms. The maximum Gasteiger partial charge on any atom is 0.138 e. The number of unbranched alkanes of at least 4 members (excludes halogenated alkanes) is 2. The molecule has 31 heavy (non-hydrogen) atoms. The number of halogens is 1. The zero-order valence-electron chi connectivity index (χ0n) is 19.3. The molecule has 0 nitrogen and oxygen atoms in total. The first-order valence-corrected chi connectivity index (χ1v) is 12.5. The van der Waals surface area contributed by atoms with E-state index in [1.165, 1.54) is 68.9 Å². The molecule has 4 rings (SSSR count). The number of rotatable bonds is 8. The topological polar surface area (TPSA) is 0 Å². The Balaban J connectivity index is 1.49. The fourth-order valence-corrected chi connectivity index (χ4v) is 5.43. The molecule has 0 N–H and O–H groups in total. The summed E-state index contributed by atoms with van der Waals surface area (Å²) in [5.74, 6) is 1.51. The molecule has 1 heteroatoms. The zero-order valence-corrected chi connectivity index (χ0v) is 19.3. The lowest BCUT2D eigenvalue weighted by molar-refractivity contribution is 0.308. The highest BCUT2D eigenvalue weighted by molar-refractivity contribution is 5.88. The van der Waals surface area contributed by atoms with Gasteiger partial charge in [-0.1, -0.05) is 94.1 Å². The molecule has 0 saturated heterocycles. The van der Waals surface area contributed by atoms with Crippen molar-refractivity contribution >= 4 is 10.8 Å². The highest BCUT2D eigenvalue weighted by Gasteiger charge is 2.22. The van der Waals surface area contributed by atoms with Crippen LogP contribution in [0.15, 0.2) is 54.6 Å². The summed E-state index contributed by atoms with van der Waals surface area (Å²) in [4.78, 5) is 0. The summed E-state index contributed by atoms with van der Waals surface area (Å²) in [5.41, 5.74) is 4.43. The fourth-order valence-electron chi connectivity index (χ4n) is 5.43. The van der Waals surface area contributed by atoms with Gasteiger partial charge in [-0.3, -0.25) is 0 Å². The van der Waals surface area contributed by atoms with Crippen molar-refractivity contribution in [1.29, 1.82) is 0 Å². The average Bonchev–Trinajstić information content (AvgIpc) is 2.80. The Kier molecular flexibility index (Phi) is 7.43. The Hall–Kier alpha value is -2.15. The molecule has 0 unspecified atom stereocenters. The molecule has 0 heterocycles. The predicted molar refractivity (Wildman–Crippen MR) is 132 cm³/mol. The van der Waals surface area contributed by atoms with Crippen molar-refractivity contribution in [2.24, 2.45) is 5.92 Å². The molecule has 1 fully saturated rings. The van der Waals surface area contributed by atoms with Crippen LogP contribution in [0.2, 0.25) is 0 Å². The molecule has 1 aliphatic rings. The first kappa shape index (κ1) is 22.1. The lowest BCUT2D eigenvalue weighted by atomic mass is 9.77. The van der Waals surface area contributed by atoms with Gasteiger partial charge in [0.25, 0.3) is 0 Å². The summed E-state index contributed by atoms with van der Waals surface area (Å²) < 4.78 is 15.4. The van der Waals surface area contributed by atoms with Crippen LogP contribution in [0.4, 0.5) is 4.39 Å². The Labute approximate surface area is 187 Å². The summed E-state index contributed by atoms with van der Waals surface area (Å²) >= 11 is 0. The molecule has 0 aliphatic heterocycles. The molecule has 164 valence electrons. The lowest BCUT2D eigenvalue weighted by Crippen LogP contribution is -2.13. The maximum absolute atomic E-state index is 15.4. The molecular formula is C30H37F. The fraction of sp³-hybridized carbons (Fsp3) is 0.467. The van der Waals surface area contributed by atoms with Crippen LogP contribution in [0.3, 0.4) is 0 Å². The Bertz CT molecular complexity index is 977. The van der Waals surface area contributed by atoms with E-state index in [4.69, 9.17) is 0 Å². The van der Waals surface area contributed by atoms with E-state index in [-0.39, 0.29) is 5.82 Å². The normalized spacial score (nSPS) is 19.1. The molecule has 1 saturated carbocycles. The number of hydrogen-bond acceptors (Lipinski definition) is 0. The third kappa shape index (κ3) is 5.20. The van der Waals surface area contributed by atoms with E-state index >= 15 is 4.39 Å². The second kappa shape index (κ2) is 10.4. The first-order chi connectivity index (χ1) is 15.2. The van der Waals surface area contributed by atoms with Gasteiger partial charge in [0.15, 0.2) is 0 Å². The van der Waals surface area contributed by atoms with E-state index in [1.54, 1.807) is 0 Å². The van der Waals surface area contributed by atoms with Gasteiger partial charge in [-0.25, -0.2) is 4.39 Å². The van der Waals surface area contributed by atoms with Crippen LogP contribution in [0.25, 0.3) is 21.9 Å². The van der Waals surface area contributed by atoms with Crippen molar-refractivity contribution in [2.75, 3.05) is 0 Å². The van der Waals surface area contributed by atoms with Crippen LogP contribution in [0, 0.1) is 11.7 Å². The van der Waals surface area contributed by atoms with Gasteiger partial charge in [0.2, 0.25) is 0 Å². The summed E-state index contributed by atoms with van der Waals surface area (Å²) in [7, 11) is 0. The van der Waals surface area contributed by atoms with Crippen LogP contribution in [0.1, 0.15) is 88.7 Å². The lowest BCUT2D eigenvalue weighted by Gasteiger charge is -2.28. The zero-order chi connectivity index (χ0) is 21.6. The molecule has 3 aromatic carbocycles. The molecule has 0 bridgehead atoms. The van der Waals surface area contributed by atoms with Crippen LogP contribution in [-0.2, 0) is 6.42 Å². The first-order valence-electron chi connectivity index (χ1n) is 12.5. The van der Waals surface area contributed by atoms with Gasteiger partial charge < -0.3 is 0 Å². The smallest absolute Gasteiger partial charge is 0.138 e. The summed E-state index contributed by atoms with van der Waals surface area (Å²) in [6.07, 6.45) is 12.8. The molecule has 0 atom stereocenters. The number of hydrogen-bond donors (Lipinski definition) is 0. The summed E-state index contributed by atoms with van der Waals surface area (Å²) in [6.45, 7) is 4.52. The Morgan fingerprint density at radius 3 is 2.29 bits per heavy atom. The van der Waals surface area contributed by atoms with Crippen molar-refractivity contribution in [3.05, 3.63) is 71.5 Å². The van der Waals surface area contributed by atoms with Gasteiger partial charge in [-0.2, -0.15) is 0 Å². The minimum absolute atomic E-state index is 0.0922. The summed E-state index contributed by atoms with van der Waals surface area (Å²) in [5, 5.41) is 1.74. The molecule has 0 amide bonds. The van der Waals surface area contributed by atoms with Crippen LogP contribution in [-0.4, -0.2) is 0 Å².